The molecule has 2 heterocycles. The molecule has 3 aromatic rings. The number of sulfonamides is 1. The molecule has 0 bridgehead atoms. The predicted octanol–water partition coefficient (Wildman–Crippen LogP) is -0.459. The van der Waals surface area contributed by atoms with Crippen molar-refractivity contribution in [3.05, 3.63) is 65.9 Å². The smallest absolute Gasteiger partial charge is 0.325 e. The largest absolute Gasteiger partial charge is 0.858 e. The molecular formula is C23H23N7O6S2. The maximum absolute atomic E-state index is 12.9. The lowest BCUT2D eigenvalue weighted by molar-refractivity contribution is -0.746. The lowest BCUT2D eigenvalue weighted by Crippen LogP contribution is -2.42. The molecule has 2 amide bonds. The van der Waals surface area contributed by atoms with Crippen LogP contribution in [0.15, 0.2) is 69.0 Å². The highest BCUT2D eigenvalue weighted by Gasteiger charge is 2.43. The number of aryl methyl sites for hydroxylation is 1. The Hall–Kier alpha value is -4.21. The number of primary sulfonamides is 1. The number of carbonyl (C=O) groups is 2. The van der Waals surface area contributed by atoms with Crippen LogP contribution in [0.25, 0.3) is 0 Å². The number of likely N-dealkylation sites (N-methyl/N-ethyl adjacent to an activating group) is 1. The summed E-state index contributed by atoms with van der Waals surface area (Å²) in [5.74, 6) is -1.49. The molecule has 0 radical (unpaired) electrons. The van der Waals surface area contributed by atoms with Crippen LogP contribution in [-0.4, -0.2) is 59.4 Å². The second kappa shape index (κ2) is 10.6. The van der Waals surface area contributed by atoms with Crippen LogP contribution in [-0.2, 0) is 33.2 Å². The molecular weight excluding hydrogens is 534 g/mol. The molecule has 0 saturated carbocycles. The van der Waals surface area contributed by atoms with Crippen molar-refractivity contribution < 1.29 is 32.3 Å². The molecule has 38 heavy (non-hydrogen) atoms. The summed E-state index contributed by atoms with van der Waals surface area (Å²) in [6, 6.07) is 12.7. The van der Waals surface area contributed by atoms with Gasteiger partial charge in [-0.3, -0.25) is 19.0 Å². The summed E-state index contributed by atoms with van der Waals surface area (Å²) in [4.78, 5) is 32.5. The third-order valence-electron chi connectivity index (χ3n) is 5.80. The summed E-state index contributed by atoms with van der Waals surface area (Å²) in [7, 11) is -0.791. The fourth-order valence-electron chi connectivity index (χ4n) is 3.76. The van der Waals surface area contributed by atoms with Crippen molar-refractivity contribution in [1.29, 1.82) is 0 Å². The van der Waals surface area contributed by atoms with E-state index in [-0.39, 0.29) is 28.9 Å². The fourth-order valence-corrected chi connectivity index (χ4v) is 4.56. The molecule has 2 aromatic carbocycles. The molecule has 1 aliphatic rings. The van der Waals surface area contributed by atoms with Crippen LogP contribution in [0.4, 0.5) is 11.6 Å². The van der Waals surface area contributed by atoms with Crippen LogP contribution >= 0.6 is 12.2 Å². The van der Waals surface area contributed by atoms with E-state index in [9.17, 15) is 23.1 Å². The van der Waals surface area contributed by atoms with Crippen molar-refractivity contribution in [2.45, 2.75) is 23.9 Å². The molecule has 1 aliphatic heterocycles. The molecule has 0 spiro atoms. The van der Waals surface area contributed by atoms with E-state index < -0.39 is 33.8 Å². The van der Waals surface area contributed by atoms with E-state index in [1.807, 2.05) is 0 Å². The lowest BCUT2D eigenvalue weighted by Gasteiger charge is -2.21. The second-order valence-corrected chi connectivity index (χ2v) is 10.3. The number of nitrogens with two attached hydrogens (primary N) is 1. The van der Waals surface area contributed by atoms with Gasteiger partial charge in [-0.2, -0.15) is 0 Å². The average molecular weight is 558 g/mol. The zero-order valence-electron chi connectivity index (χ0n) is 20.3. The monoisotopic (exact) mass is 557 g/mol. The standard InChI is InChI=1S/C23H23N7O6S2/c1-28-22(33)17(12-19(31)25-15-8-10-16(11-9-15)38(24,34)35)30(23(28)37)13-18-21(36-27-29(18)2)26-20(32)14-6-4-3-5-7-14/h3-11,17H,12-13H2,1-2H3,(H3-,24,25,26,27,31,32,34,35). The van der Waals surface area contributed by atoms with Crippen LogP contribution in [0.1, 0.15) is 17.7 Å². The van der Waals surface area contributed by atoms with Gasteiger partial charge in [0.15, 0.2) is 12.2 Å². The van der Waals surface area contributed by atoms with E-state index in [1.54, 1.807) is 37.4 Å². The Morgan fingerprint density at radius 2 is 1.89 bits per heavy atom. The average Bonchev–Trinajstić information content (AvgIpc) is 3.31. The summed E-state index contributed by atoms with van der Waals surface area (Å²) in [6.45, 7) is -0.0170. The number of benzene rings is 2. The van der Waals surface area contributed by atoms with Crippen molar-refractivity contribution in [2.24, 2.45) is 17.2 Å². The summed E-state index contributed by atoms with van der Waals surface area (Å²) in [6.07, 6.45) is -0.259. The third kappa shape index (κ3) is 5.69. The van der Waals surface area contributed by atoms with Crippen LogP contribution < -0.4 is 20.2 Å². The van der Waals surface area contributed by atoms with Gasteiger partial charge < -0.3 is 15.3 Å². The van der Waals surface area contributed by atoms with Gasteiger partial charge in [0.1, 0.15) is 12.6 Å². The van der Waals surface area contributed by atoms with Crippen molar-refractivity contribution in [3.8, 4) is 0 Å². The van der Waals surface area contributed by atoms with E-state index in [2.05, 4.69) is 15.6 Å². The molecule has 1 fully saturated rings. The first-order valence-electron chi connectivity index (χ1n) is 11.1. The van der Waals surface area contributed by atoms with E-state index in [0.29, 0.717) is 16.9 Å². The van der Waals surface area contributed by atoms with Gasteiger partial charge in [0.25, 0.3) is 11.6 Å². The molecule has 1 unspecified atom stereocenters. The molecule has 198 valence electrons. The van der Waals surface area contributed by atoms with Gasteiger partial charge >= 0.3 is 5.88 Å². The highest BCUT2D eigenvalue weighted by Crippen LogP contribution is 2.25. The highest BCUT2D eigenvalue weighted by atomic mass is 32.2. The summed E-state index contributed by atoms with van der Waals surface area (Å²) < 4.78 is 29.5. The number of hydrogen-bond acceptors (Lipinski definition) is 9. The Morgan fingerprint density at radius 1 is 1.24 bits per heavy atom. The molecule has 15 heteroatoms. The zero-order chi connectivity index (χ0) is 27.6. The van der Waals surface area contributed by atoms with Crippen molar-refractivity contribution in [1.82, 2.24) is 15.1 Å². The number of aromatic nitrogens is 2. The fraction of sp³-hybridized carbons (Fsp3) is 0.217. The normalized spacial score (nSPS) is 16.3. The first-order valence-corrected chi connectivity index (χ1v) is 13.1. The summed E-state index contributed by atoms with van der Waals surface area (Å²) >= 11 is 5.45. The molecule has 1 aromatic heterocycles. The number of aliphatic imine (C=N–C) groups is 1. The van der Waals surface area contributed by atoms with Crippen molar-refractivity contribution >= 4 is 56.6 Å². The predicted molar refractivity (Wildman–Crippen MR) is 136 cm³/mol. The number of amides is 2. The Labute approximate surface area is 223 Å². The Morgan fingerprint density at radius 3 is 2.53 bits per heavy atom. The van der Waals surface area contributed by atoms with E-state index >= 15 is 0 Å². The number of carbonyl (C=O) groups excluding carboxylic acids is 2. The van der Waals surface area contributed by atoms with Gasteiger partial charge in [-0.15, -0.1) is 0 Å². The summed E-state index contributed by atoms with van der Waals surface area (Å²) in [5.41, 5.74) is 1.04. The molecule has 1 saturated heterocycles. The van der Waals surface area contributed by atoms with E-state index in [0.717, 1.165) is 0 Å². The van der Waals surface area contributed by atoms with Gasteiger partial charge in [-0.25, -0.2) is 18.5 Å². The summed E-state index contributed by atoms with van der Waals surface area (Å²) in [5, 5.41) is 24.3. The van der Waals surface area contributed by atoms with Crippen LogP contribution in [0, 0.1) is 0 Å². The topological polar surface area (TPSA) is 178 Å². The van der Waals surface area contributed by atoms with Gasteiger partial charge in [-0.05, 0) is 52.6 Å². The second-order valence-electron chi connectivity index (χ2n) is 8.38. The molecule has 1 atom stereocenters. The molecule has 13 nitrogen and oxygen atoms in total. The van der Waals surface area contributed by atoms with Crippen LogP contribution in [0.3, 0.4) is 0 Å². The van der Waals surface area contributed by atoms with Gasteiger partial charge in [-0.1, -0.05) is 30.3 Å². The zero-order valence-corrected chi connectivity index (χ0v) is 21.9. The van der Waals surface area contributed by atoms with E-state index in [1.165, 1.54) is 45.8 Å². The lowest BCUT2D eigenvalue weighted by atomic mass is 10.1. The molecule has 0 aliphatic carbocycles. The SMILES string of the molecule is CN1C(=O)C(CC(=O)Nc2ccc(S(N)(=O)=O)cc2)N(Cc2c(/N=C(\[O-])c3ccccc3)on[n+]2C)C1=S. The quantitative estimate of drug-likeness (QED) is 0.160. The Bertz CT molecular complexity index is 1520. The van der Waals surface area contributed by atoms with Crippen LogP contribution in [0.5, 0.6) is 0 Å². The number of anilines is 1. The van der Waals surface area contributed by atoms with E-state index in [4.69, 9.17) is 21.9 Å². The number of nitrogens with one attached hydrogen (secondary N) is 1. The molecule has 4 rings (SSSR count). The number of nitrogens with zero attached hydrogens (tertiary/aromatic N) is 5. The minimum atomic E-state index is -3.88. The van der Waals surface area contributed by atoms with Crippen molar-refractivity contribution in [3.63, 3.8) is 0 Å². The third-order valence-corrected chi connectivity index (χ3v) is 7.24. The minimum absolute atomic E-state index is 0.0170. The minimum Gasteiger partial charge on any atom is -0.858 e. The Balaban J connectivity index is 1.53. The first kappa shape index (κ1) is 26.8. The number of thiocarbonyl (C=S) groups is 1. The Kier molecular flexibility index (Phi) is 7.52. The van der Waals surface area contributed by atoms with Crippen molar-refractivity contribution in [2.75, 3.05) is 12.4 Å². The number of hydrogen-bond donors (Lipinski definition) is 2. The molecule has 3 N–H and O–H groups in total. The number of rotatable bonds is 8. The van der Waals surface area contributed by atoms with Gasteiger partial charge in [0.2, 0.25) is 21.2 Å². The van der Waals surface area contributed by atoms with Crippen LogP contribution in [0.2, 0.25) is 0 Å². The van der Waals surface area contributed by atoms with Gasteiger partial charge in [0.05, 0.1) is 11.3 Å². The maximum Gasteiger partial charge on any atom is 0.325 e. The highest BCUT2D eigenvalue weighted by molar-refractivity contribution is 7.89. The first-order chi connectivity index (χ1) is 18.0. The van der Waals surface area contributed by atoms with Gasteiger partial charge in [0, 0.05) is 12.7 Å². The maximum atomic E-state index is 12.9.